The number of anilines is 1. The number of nitrogens with one attached hydrogen (secondary N) is 1. The van der Waals surface area contributed by atoms with Crippen molar-refractivity contribution in [3.63, 3.8) is 0 Å². The molecule has 1 aliphatic carbocycles. The van der Waals surface area contributed by atoms with Gasteiger partial charge in [0.05, 0.1) is 12.3 Å². The zero-order chi connectivity index (χ0) is 14.5. The van der Waals surface area contributed by atoms with Crippen LogP contribution in [0.2, 0.25) is 0 Å². The Morgan fingerprint density at radius 1 is 1.45 bits per heavy atom. The second-order valence-corrected chi connectivity index (χ2v) is 6.30. The van der Waals surface area contributed by atoms with Gasteiger partial charge in [-0.3, -0.25) is 0 Å². The number of nitrogens with zero attached hydrogens (tertiary/aromatic N) is 1. The molecule has 0 spiro atoms. The van der Waals surface area contributed by atoms with E-state index >= 15 is 0 Å². The maximum atomic E-state index is 12.0. The van der Waals surface area contributed by atoms with Gasteiger partial charge in [-0.05, 0) is 51.1 Å². The van der Waals surface area contributed by atoms with Gasteiger partial charge in [0, 0.05) is 6.04 Å². The zero-order valence-corrected chi connectivity index (χ0v) is 13.4. The lowest BCUT2D eigenvalue weighted by Crippen LogP contribution is -2.28. The van der Waals surface area contributed by atoms with Crippen molar-refractivity contribution in [3.8, 4) is 0 Å². The van der Waals surface area contributed by atoms with Crippen LogP contribution in [0.25, 0.3) is 0 Å². The molecular weight excluding hydrogens is 272 g/mol. The predicted octanol–water partition coefficient (Wildman–Crippen LogP) is 4.01. The first-order chi connectivity index (χ1) is 9.63. The fourth-order valence-corrected chi connectivity index (χ4v) is 3.75. The highest BCUT2D eigenvalue weighted by molar-refractivity contribution is 7.10. The summed E-state index contributed by atoms with van der Waals surface area (Å²) >= 11 is 1.36. The third-order valence-electron chi connectivity index (χ3n) is 4.06. The molecule has 1 aromatic heterocycles. The van der Waals surface area contributed by atoms with E-state index in [0.29, 0.717) is 24.1 Å². The van der Waals surface area contributed by atoms with Crippen LogP contribution in [0, 0.1) is 12.8 Å². The van der Waals surface area contributed by atoms with E-state index in [1.807, 2.05) is 13.8 Å². The standard InChI is InChI=1S/C15H24N2O2S/c1-4-19-15(18)13-11(3)17-20-14(13)16-10(2)12-8-6-5-7-9-12/h10,12,16H,4-9H2,1-3H3. The molecule has 0 aliphatic heterocycles. The molecule has 0 radical (unpaired) electrons. The summed E-state index contributed by atoms with van der Waals surface area (Å²) in [4.78, 5) is 12.0. The fourth-order valence-electron chi connectivity index (χ4n) is 2.87. The third kappa shape index (κ3) is 3.51. The molecular formula is C15H24N2O2S. The molecule has 0 bridgehead atoms. The normalized spacial score (nSPS) is 17.8. The topological polar surface area (TPSA) is 51.2 Å². The molecule has 4 nitrogen and oxygen atoms in total. The molecule has 1 heterocycles. The molecule has 2 rings (SSSR count). The van der Waals surface area contributed by atoms with E-state index in [4.69, 9.17) is 4.74 Å². The molecule has 112 valence electrons. The Morgan fingerprint density at radius 3 is 2.80 bits per heavy atom. The number of carbonyl (C=O) groups is 1. The number of rotatable bonds is 5. The number of aryl methyl sites for hydroxylation is 1. The van der Waals surface area contributed by atoms with Gasteiger partial charge in [-0.2, -0.15) is 4.37 Å². The lowest BCUT2D eigenvalue weighted by molar-refractivity contribution is 0.0527. The van der Waals surface area contributed by atoms with Crippen molar-refractivity contribution in [1.29, 1.82) is 0 Å². The molecule has 0 saturated heterocycles. The summed E-state index contributed by atoms with van der Waals surface area (Å²) in [5.74, 6) is 0.429. The quantitative estimate of drug-likeness (QED) is 0.834. The van der Waals surface area contributed by atoms with Gasteiger partial charge in [-0.15, -0.1) is 0 Å². The van der Waals surface area contributed by atoms with Crippen molar-refractivity contribution in [2.75, 3.05) is 11.9 Å². The van der Waals surface area contributed by atoms with Crippen molar-refractivity contribution in [3.05, 3.63) is 11.3 Å². The van der Waals surface area contributed by atoms with E-state index in [0.717, 1.165) is 10.7 Å². The van der Waals surface area contributed by atoms with Crippen molar-refractivity contribution >= 4 is 22.5 Å². The molecule has 1 fully saturated rings. The average Bonchev–Trinajstić information content (AvgIpc) is 2.81. The summed E-state index contributed by atoms with van der Waals surface area (Å²) in [6.45, 7) is 6.29. The van der Waals surface area contributed by atoms with E-state index in [1.165, 1.54) is 43.6 Å². The van der Waals surface area contributed by atoms with Crippen molar-refractivity contribution < 1.29 is 9.53 Å². The van der Waals surface area contributed by atoms with Crippen LogP contribution in [-0.4, -0.2) is 23.0 Å². The monoisotopic (exact) mass is 296 g/mol. The van der Waals surface area contributed by atoms with E-state index in [9.17, 15) is 4.79 Å². The predicted molar refractivity (Wildman–Crippen MR) is 82.5 cm³/mol. The molecule has 1 aromatic rings. The second kappa shape index (κ2) is 7.07. The Hall–Kier alpha value is -1.10. The third-order valence-corrected chi connectivity index (χ3v) is 4.93. The molecule has 5 heteroatoms. The smallest absolute Gasteiger partial charge is 0.343 e. The van der Waals surface area contributed by atoms with Gasteiger partial charge < -0.3 is 10.1 Å². The SMILES string of the molecule is CCOC(=O)c1c(C)nsc1NC(C)C1CCCCC1. The fraction of sp³-hybridized carbons (Fsp3) is 0.733. The molecule has 1 N–H and O–H groups in total. The Morgan fingerprint density at radius 2 is 2.15 bits per heavy atom. The second-order valence-electron chi connectivity index (χ2n) is 5.52. The van der Waals surface area contributed by atoms with Crippen LogP contribution in [0.5, 0.6) is 0 Å². The van der Waals surface area contributed by atoms with E-state index in [1.54, 1.807) is 0 Å². The van der Waals surface area contributed by atoms with Gasteiger partial charge >= 0.3 is 5.97 Å². The number of ether oxygens (including phenoxy) is 1. The van der Waals surface area contributed by atoms with E-state index < -0.39 is 0 Å². The lowest BCUT2D eigenvalue weighted by Gasteiger charge is -2.28. The first kappa shape index (κ1) is 15.3. The molecule has 1 aliphatic rings. The van der Waals surface area contributed by atoms with Gasteiger partial charge in [0.25, 0.3) is 0 Å². The maximum Gasteiger partial charge on any atom is 0.343 e. The summed E-state index contributed by atoms with van der Waals surface area (Å²) in [5.41, 5.74) is 1.37. The summed E-state index contributed by atoms with van der Waals surface area (Å²) in [6, 6.07) is 0.378. The number of hydrogen-bond acceptors (Lipinski definition) is 5. The number of esters is 1. The van der Waals surface area contributed by atoms with Crippen LogP contribution in [-0.2, 0) is 4.74 Å². The Labute approximate surface area is 125 Å². The highest BCUT2D eigenvalue weighted by atomic mass is 32.1. The number of hydrogen-bond donors (Lipinski definition) is 1. The van der Waals surface area contributed by atoms with Gasteiger partial charge in [0.2, 0.25) is 0 Å². The van der Waals surface area contributed by atoms with Crippen LogP contribution >= 0.6 is 11.5 Å². The summed E-state index contributed by atoms with van der Waals surface area (Å²) in [6.07, 6.45) is 6.56. The number of aromatic nitrogens is 1. The Bertz CT molecular complexity index is 453. The lowest BCUT2D eigenvalue weighted by atomic mass is 9.84. The van der Waals surface area contributed by atoms with Crippen LogP contribution < -0.4 is 5.32 Å². The Balaban J connectivity index is 2.06. The van der Waals surface area contributed by atoms with Crippen LogP contribution in [0.1, 0.15) is 62.0 Å². The van der Waals surface area contributed by atoms with Crippen molar-refractivity contribution in [2.45, 2.75) is 58.9 Å². The van der Waals surface area contributed by atoms with E-state index in [-0.39, 0.29) is 5.97 Å². The first-order valence-corrected chi connectivity index (χ1v) is 8.30. The molecule has 1 atom stereocenters. The zero-order valence-electron chi connectivity index (χ0n) is 12.6. The van der Waals surface area contributed by atoms with E-state index in [2.05, 4.69) is 16.6 Å². The highest BCUT2D eigenvalue weighted by Gasteiger charge is 2.24. The van der Waals surface area contributed by atoms with Crippen molar-refractivity contribution in [2.24, 2.45) is 5.92 Å². The molecule has 1 unspecified atom stereocenters. The van der Waals surface area contributed by atoms with Gasteiger partial charge in [-0.25, -0.2) is 4.79 Å². The summed E-state index contributed by atoms with van der Waals surface area (Å²) in [5, 5.41) is 4.36. The maximum absolute atomic E-state index is 12.0. The first-order valence-electron chi connectivity index (χ1n) is 7.53. The highest BCUT2D eigenvalue weighted by Crippen LogP contribution is 2.31. The molecule has 0 aromatic carbocycles. The minimum Gasteiger partial charge on any atom is -0.462 e. The van der Waals surface area contributed by atoms with Crippen molar-refractivity contribution in [1.82, 2.24) is 4.37 Å². The van der Waals surface area contributed by atoms with Gasteiger partial charge in [0.1, 0.15) is 10.6 Å². The molecule has 20 heavy (non-hydrogen) atoms. The molecule has 1 saturated carbocycles. The molecule has 0 amide bonds. The van der Waals surface area contributed by atoms with Crippen LogP contribution in [0.3, 0.4) is 0 Å². The van der Waals surface area contributed by atoms with Crippen LogP contribution in [0.15, 0.2) is 0 Å². The van der Waals surface area contributed by atoms with Crippen LogP contribution in [0.4, 0.5) is 5.00 Å². The largest absolute Gasteiger partial charge is 0.462 e. The Kier molecular flexibility index (Phi) is 5.40. The summed E-state index contributed by atoms with van der Waals surface area (Å²) < 4.78 is 9.42. The minimum atomic E-state index is -0.267. The van der Waals surface area contributed by atoms with Gasteiger partial charge in [0.15, 0.2) is 0 Å². The number of carbonyl (C=O) groups excluding carboxylic acids is 1. The average molecular weight is 296 g/mol. The minimum absolute atomic E-state index is 0.267. The summed E-state index contributed by atoms with van der Waals surface area (Å²) in [7, 11) is 0. The van der Waals surface area contributed by atoms with Gasteiger partial charge in [-0.1, -0.05) is 19.3 Å².